The zero-order chi connectivity index (χ0) is 22.3. The van der Waals surface area contributed by atoms with Crippen LogP contribution in [-0.4, -0.2) is 47.2 Å². The lowest BCUT2D eigenvalue weighted by Gasteiger charge is -2.35. The molecular weight excluding hydrogens is 380 g/mol. The second-order valence-electron chi connectivity index (χ2n) is 7.91. The number of carbonyl (C=O) groups excluding carboxylic acids is 1. The lowest BCUT2D eigenvalue weighted by atomic mass is 9.99. The highest BCUT2D eigenvalue weighted by atomic mass is 16.5. The predicted molar refractivity (Wildman–Crippen MR) is 118 cm³/mol. The van der Waals surface area contributed by atoms with Gasteiger partial charge in [-0.25, -0.2) is 4.98 Å². The summed E-state index contributed by atoms with van der Waals surface area (Å²) in [7, 11) is 1.50. The summed E-state index contributed by atoms with van der Waals surface area (Å²) in [6, 6.07) is 9.44. The number of nitrogens with two attached hydrogens (primary N) is 1. The summed E-state index contributed by atoms with van der Waals surface area (Å²) in [5.74, 6) is 0.506. The summed E-state index contributed by atoms with van der Waals surface area (Å²) >= 11 is 0. The monoisotopic (exact) mass is 414 g/mol. The molecule has 0 saturated carbocycles. The Morgan fingerprint density at radius 3 is 2.47 bits per heavy atom. The zero-order valence-electron chi connectivity index (χ0n) is 18.7. The van der Waals surface area contributed by atoms with Gasteiger partial charge in [-0.2, -0.15) is 0 Å². The fourth-order valence-electron chi connectivity index (χ4n) is 3.61. The number of nitrogens with zero attached hydrogens (tertiary/aromatic N) is 3. The van der Waals surface area contributed by atoms with Crippen molar-refractivity contribution in [3.05, 3.63) is 63.3 Å². The molecule has 0 bridgehead atoms. The van der Waals surface area contributed by atoms with Gasteiger partial charge in [-0.15, -0.1) is 0 Å². The van der Waals surface area contributed by atoms with E-state index in [9.17, 15) is 9.59 Å². The fraction of sp³-hybridized carbons (Fsp3) is 0.522. The van der Waals surface area contributed by atoms with Gasteiger partial charge in [0.2, 0.25) is 5.91 Å². The quantitative estimate of drug-likeness (QED) is 0.645. The molecule has 0 spiro atoms. The molecule has 0 radical (unpaired) electrons. The molecule has 0 aliphatic rings. The third-order valence-electron chi connectivity index (χ3n) is 5.27. The van der Waals surface area contributed by atoms with Crippen LogP contribution in [0.4, 0.5) is 0 Å². The Balaban J connectivity index is 2.65. The van der Waals surface area contributed by atoms with Crippen LogP contribution in [-0.2, 0) is 16.1 Å². The van der Waals surface area contributed by atoms with E-state index in [0.717, 1.165) is 5.56 Å². The maximum absolute atomic E-state index is 13.2. The van der Waals surface area contributed by atoms with Crippen LogP contribution in [0.2, 0.25) is 0 Å². The highest BCUT2D eigenvalue weighted by Gasteiger charge is 2.32. The Morgan fingerprint density at radius 2 is 1.90 bits per heavy atom. The Bertz CT molecular complexity index is 893. The van der Waals surface area contributed by atoms with Gasteiger partial charge in [-0.3, -0.25) is 14.2 Å². The number of aromatic nitrogens is 2. The lowest BCUT2D eigenvalue weighted by Crippen LogP contribution is -2.44. The molecule has 1 atom stereocenters. The topological polar surface area (TPSA) is 90.5 Å². The standard InChI is InChI=1S/C23H34N4O3/c1-16(2)21(26(13-9-12-24)20(28)15-30-5)22-25-18(4)17(3)23(29)27(22)14-19-10-7-6-8-11-19/h6-8,10-11,16,21H,9,12-15,24H2,1-5H3. The van der Waals surface area contributed by atoms with Crippen LogP contribution >= 0.6 is 0 Å². The van der Waals surface area contributed by atoms with E-state index in [0.29, 0.717) is 43.1 Å². The van der Waals surface area contributed by atoms with E-state index in [4.69, 9.17) is 15.5 Å². The Labute approximate surface area is 178 Å². The van der Waals surface area contributed by atoms with Gasteiger partial charge in [0.15, 0.2) is 0 Å². The van der Waals surface area contributed by atoms with Crippen molar-refractivity contribution < 1.29 is 9.53 Å². The molecule has 7 nitrogen and oxygen atoms in total. The maximum atomic E-state index is 13.2. The van der Waals surface area contributed by atoms with E-state index in [1.807, 2.05) is 51.1 Å². The number of amides is 1. The van der Waals surface area contributed by atoms with Gasteiger partial charge in [0, 0.05) is 24.9 Å². The molecule has 7 heteroatoms. The van der Waals surface area contributed by atoms with Crippen LogP contribution < -0.4 is 11.3 Å². The molecule has 1 aromatic carbocycles. The van der Waals surface area contributed by atoms with E-state index in [2.05, 4.69) is 0 Å². The number of aryl methyl sites for hydroxylation is 1. The Hall–Kier alpha value is -2.51. The number of carbonyl (C=O) groups is 1. The van der Waals surface area contributed by atoms with Crippen molar-refractivity contribution in [3.63, 3.8) is 0 Å². The van der Waals surface area contributed by atoms with Crippen LogP contribution in [0.3, 0.4) is 0 Å². The summed E-state index contributed by atoms with van der Waals surface area (Å²) in [6.45, 7) is 9.03. The predicted octanol–water partition coefficient (Wildman–Crippen LogP) is 2.43. The minimum absolute atomic E-state index is 0.0262. The summed E-state index contributed by atoms with van der Waals surface area (Å²) in [5, 5.41) is 0. The van der Waals surface area contributed by atoms with Crippen LogP contribution in [0.5, 0.6) is 0 Å². The molecule has 0 saturated heterocycles. The normalized spacial score (nSPS) is 12.2. The smallest absolute Gasteiger partial charge is 0.257 e. The van der Waals surface area contributed by atoms with Gasteiger partial charge in [0.1, 0.15) is 12.4 Å². The first kappa shape index (κ1) is 23.8. The first-order valence-corrected chi connectivity index (χ1v) is 10.4. The first-order chi connectivity index (χ1) is 14.3. The lowest BCUT2D eigenvalue weighted by molar-refractivity contribution is -0.139. The van der Waals surface area contributed by atoms with Crippen molar-refractivity contribution in [2.75, 3.05) is 26.8 Å². The van der Waals surface area contributed by atoms with E-state index in [-0.39, 0.29) is 30.0 Å². The van der Waals surface area contributed by atoms with Gasteiger partial charge >= 0.3 is 0 Å². The number of methoxy groups -OCH3 is 1. The van der Waals surface area contributed by atoms with Gasteiger partial charge in [-0.05, 0) is 38.3 Å². The van der Waals surface area contributed by atoms with E-state index >= 15 is 0 Å². The maximum Gasteiger partial charge on any atom is 0.257 e. The average Bonchev–Trinajstić information content (AvgIpc) is 2.72. The van der Waals surface area contributed by atoms with Crippen molar-refractivity contribution in [3.8, 4) is 0 Å². The van der Waals surface area contributed by atoms with Crippen molar-refractivity contribution in [1.82, 2.24) is 14.5 Å². The van der Waals surface area contributed by atoms with Crippen LogP contribution in [0.1, 0.15) is 49.0 Å². The summed E-state index contributed by atoms with van der Waals surface area (Å²) < 4.78 is 6.82. The van der Waals surface area contributed by atoms with Crippen LogP contribution in [0.25, 0.3) is 0 Å². The average molecular weight is 415 g/mol. The van der Waals surface area contributed by atoms with Crippen molar-refractivity contribution in [1.29, 1.82) is 0 Å². The Morgan fingerprint density at radius 1 is 1.23 bits per heavy atom. The molecule has 2 N–H and O–H groups in total. The SMILES string of the molecule is COCC(=O)N(CCCN)C(c1nc(C)c(C)c(=O)n1Cc1ccccc1)C(C)C. The molecule has 0 aliphatic heterocycles. The second-order valence-corrected chi connectivity index (χ2v) is 7.91. The molecule has 164 valence electrons. The van der Waals surface area contributed by atoms with Gasteiger partial charge in [0.25, 0.3) is 5.56 Å². The van der Waals surface area contributed by atoms with Crippen molar-refractivity contribution in [2.24, 2.45) is 11.7 Å². The third kappa shape index (κ3) is 5.55. The molecule has 2 rings (SSSR count). The highest BCUT2D eigenvalue weighted by Crippen LogP contribution is 2.28. The van der Waals surface area contributed by atoms with E-state index in [1.165, 1.54) is 7.11 Å². The molecule has 2 aromatic rings. The number of rotatable bonds is 10. The molecule has 30 heavy (non-hydrogen) atoms. The number of hydrogen-bond acceptors (Lipinski definition) is 5. The molecule has 0 aliphatic carbocycles. The summed E-state index contributed by atoms with van der Waals surface area (Å²) in [4.78, 5) is 32.8. The molecular formula is C23H34N4O3. The van der Waals surface area contributed by atoms with Crippen molar-refractivity contribution in [2.45, 2.75) is 46.7 Å². The van der Waals surface area contributed by atoms with Crippen LogP contribution in [0.15, 0.2) is 35.1 Å². The summed E-state index contributed by atoms with van der Waals surface area (Å²) in [6.07, 6.45) is 0.659. The van der Waals surface area contributed by atoms with E-state index < -0.39 is 0 Å². The third-order valence-corrected chi connectivity index (χ3v) is 5.27. The molecule has 1 amide bonds. The van der Waals surface area contributed by atoms with Crippen molar-refractivity contribution >= 4 is 5.91 Å². The first-order valence-electron chi connectivity index (χ1n) is 10.4. The molecule has 1 heterocycles. The second kappa shape index (κ2) is 11.0. The number of benzene rings is 1. The van der Waals surface area contributed by atoms with Gasteiger partial charge < -0.3 is 15.4 Å². The Kier molecular flexibility index (Phi) is 8.74. The fourth-order valence-corrected chi connectivity index (χ4v) is 3.61. The molecule has 0 fully saturated rings. The minimum Gasteiger partial charge on any atom is -0.375 e. The largest absolute Gasteiger partial charge is 0.375 e. The molecule has 1 unspecified atom stereocenters. The minimum atomic E-state index is -0.366. The summed E-state index contributed by atoms with van der Waals surface area (Å²) in [5.41, 5.74) is 7.95. The van der Waals surface area contributed by atoms with E-state index in [1.54, 1.807) is 16.4 Å². The molecule has 1 aromatic heterocycles. The zero-order valence-corrected chi connectivity index (χ0v) is 18.7. The van der Waals surface area contributed by atoms with Gasteiger partial charge in [0.05, 0.1) is 12.6 Å². The van der Waals surface area contributed by atoms with Crippen LogP contribution in [0, 0.1) is 19.8 Å². The van der Waals surface area contributed by atoms with Gasteiger partial charge in [-0.1, -0.05) is 44.2 Å². The number of ether oxygens (including phenoxy) is 1. The number of hydrogen-bond donors (Lipinski definition) is 1. The highest BCUT2D eigenvalue weighted by molar-refractivity contribution is 5.78.